The van der Waals surface area contributed by atoms with Gasteiger partial charge < -0.3 is 36.4 Å². The molecule has 0 saturated carbocycles. The molecule has 2 saturated heterocycles. The van der Waals surface area contributed by atoms with Crippen molar-refractivity contribution in [2.75, 3.05) is 27.2 Å². The van der Waals surface area contributed by atoms with Gasteiger partial charge in [-0.05, 0) is 104 Å². The fourth-order valence-electron chi connectivity index (χ4n) is 7.56. The van der Waals surface area contributed by atoms with E-state index in [1.54, 1.807) is 32.8 Å². The zero-order valence-corrected chi connectivity index (χ0v) is 30.9. The van der Waals surface area contributed by atoms with Crippen LogP contribution in [0.2, 0.25) is 0 Å². The molecule has 1 aliphatic carbocycles. The van der Waals surface area contributed by atoms with E-state index in [1.165, 1.54) is 5.56 Å². The first-order valence-corrected chi connectivity index (χ1v) is 19.0. The van der Waals surface area contributed by atoms with E-state index in [0.717, 1.165) is 69.9 Å². The summed E-state index contributed by atoms with van der Waals surface area (Å²) in [5.41, 5.74) is 2.42. The minimum absolute atomic E-state index is 0.0180. The number of amides is 5. The van der Waals surface area contributed by atoms with E-state index in [4.69, 9.17) is 0 Å². The maximum absolute atomic E-state index is 14.0. The van der Waals surface area contributed by atoms with Gasteiger partial charge in [-0.3, -0.25) is 24.0 Å². The van der Waals surface area contributed by atoms with Crippen LogP contribution in [-0.2, 0) is 30.4 Å². The van der Waals surface area contributed by atoms with E-state index in [9.17, 15) is 24.0 Å². The Morgan fingerprint density at radius 3 is 1.88 bits per heavy atom. The Morgan fingerprint density at radius 1 is 0.740 bits per heavy atom. The Kier molecular flexibility index (Phi) is 15.1. The second kappa shape index (κ2) is 19.2. The molecule has 0 radical (unpaired) electrons. The molecule has 5 amide bonds. The molecule has 0 bridgehead atoms. The molecule has 7 atom stereocenters. The summed E-state index contributed by atoms with van der Waals surface area (Å²) in [6.07, 6.45) is 10.2. The third-order valence-electron chi connectivity index (χ3n) is 11.0. The highest BCUT2D eigenvalue weighted by Gasteiger charge is 2.39. The number of rotatable bonds is 17. The molecule has 2 fully saturated rings. The van der Waals surface area contributed by atoms with Crippen LogP contribution in [0.5, 0.6) is 0 Å². The van der Waals surface area contributed by atoms with Crippen molar-refractivity contribution < 1.29 is 24.0 Å². The molecule has 1 aromatic carbocycles. The molecule has 0 aromatic heterocycles. The smallest absolute Gasteiger partial charge is 0.245 e. The van der Waals surface area contributed by atoms with Crippen molar-refractivity contribution in [3.63, 3.8) is 0 Å². The van der Waals surface area contributed by atoms with Crippen LogP contribution >= 0.6 is 0 Å². The first kappa shape index (κ1) is 39.3. The number of hydrogen-bond donors (Lipinski definition) is 5. The van der Waals surface area contributed by atoms with Crippen LogP contribution in [0, 0.1) is 0 Å². The predicted molar refractivity (Wildman–Crippen MR) is 194 cm³/mol. The van der Waals surface area contributed by atoms with E-state index in [2.05, 4.69) is 45.6 Å². The Bertz CT molecular complexity index is 1320. The maximum Gasteiger partial charge on any atom is 0.245 e. The quantitative estimate of drug-likeness (QED) is 0.157. The minimum Gasteiger partial charge on any atom is -0.347 e. The molecule has 12 heteroatoms. The van der Waals surface area contributed by atoms with Gasteiger partial charge in [0.25, 0.3) is 0 Å². The minimum atomic E-state index is -0.740. The average molecular weight is 696 g/mol. The Morgan fingerprint density at radius 2 is 1.30 bits per heavy atom. The monoisotopic (exact) mass is 695 g/mol. The third-order valence-corrected chi connectivity index (χ3v) is 11.0. The van der Waals surface area contributed by atoms with Crippen molar-refractivity contribution >= 4 is 29.5 Å². The van der Waals surface area contributed by atoms with E-state index < -0.39 is 30.2 Å². The molecule has 4 rings (SSSR count). The van der Waals surface area contributed by atoms with Crippen LogP contribution < -0.4 is 26.6 Å². The van der Waals surface area contributed by atoms with Crippen LogP contribution in [0.3, 0.4) is 0 Å². The molecule has 0 spiro atoms. The molecule has 2 aliphatic heterocycles. The molecule has 7 unspecified atom stereocenters. The predicted octanol–water partition coefficient (Wildman–Crippen LogP) is 2.71. The van der Waals surface area contributed by atoms with E-state index in [0.29, 0.717) is 32.2 Å². The third kappa shape index (κ3) is 10.3. The van der Waals surface area contributed by atoms with Gasteiger partial charge in [-0.15, -0.1) is 0 Å². The lowest BCUT2D eigenvalue weighted by molar-refractivity contribution is -0.142. The first-order chi connectivity index (χ1) is 24.0. The lowest BCUT2D eigenvalue weighted by atomic mass is 9.87. The van der Waals surface area contributed by atoms with Gasteiger partial charge in [0.1, 0.15) is 18.1 Å². The number of carbonyl (C=O) groups is 5. The number of likely N-dealkylation sites (N-methyl/N-ethyl adjacent to an activating group) is 2. The summed E-state index contributed by atoms with van der Waals surface area (Å²) in [5.74, 6) is -0.808. The van der Waals surface area contributed by atoms with Crippen LogP contribution in [0.4, 0.5) is 0 Å². The van der Waals surface area contributed by atoms with Gasteiger partial charge >= 0.3 is 0 Å². The van der Waals surface area contributed by atoms with Gasteiger partial charge in [-0.1, -0.05) is 49.9 Å². The number of fused-ring (bicyclic) bond motifs is 1. The topological polar surface area (TPSA) is 152 Å². The Hall–Kier alpha value is -3.51. The van der Waals surface area contributed by atoms with Gasteiger partial charge in [-0.2, -0.15) is 0 Å². The summed E-state index contributed by atoms with van der Waals surface area (Å²) in [6.45, 7) is 6.78. The second-order valence-electron chi connectivity index (χ2n) is 14.5. The normalized spacial score (nSPS) is 22.6. The molecule has 12 nitrogen and oxygen atoms in total. The van der Waals surface area contributed by atoms with Crippen LogP contribution in [0.1, 0.15) is 115 Å². The van der Waals surface area contributed by atoms with Gasteiger partial charge in [0, 0.05) is 19.1 Å². The van der Waals surface area contributed by atoms with Gasteiger partial charge in [0.2, 0.25) is 29.5 Å². The standard InChI is InChI=1S/C38H61N7O5/c1-25-15-13-23-44(25)37(49)31(42-34(46)26(2)39-4)19-8-6-7-9-20-32(43-35(47)27(3)40-5)38(50)45-24-14-22-33(45)36(48)41-30-21-12-17-28-16-10-11-18-29(28)30/h10-11,16,18,25-27,30-33,39-40H,6-9,12-15,17,19-24H2,1-5H3,(H,41,48)(H,42,46)(H,43,47). The van der Waals surface area contributed by atoms with Crippen LogP contribution in [0.15, 0.2) is 24.3 Å². The summed E-state index contributed by atoms with van der Waals surface area (Å²) in [5, 5.41) is 15.1. The number of likely N-dealkylation sites (tertiary alicyclic amines) is 2. The Balaban J connectivity index is 1.33. The van der Waals surface area contributed by atoms with Crippen molar-refractivity contribution in [3.8, 4) is 0 Å². The van der Waals surface area contributed by atoms with E-state index >= 15 is 0 Å². The number of benzene rings is 1. The highest BCUT2D eigenvalue weighted by Crippen LogP contribution is 2.30. The molecule has 3 aliphatic rings. The maximum atomic E-state index is 14.0. The van der Waals surface area contributed by atoms with Crippen molar-refractivity contribution in [1.82, 2.24) is 36.4 Å². The number of nitrogens with zero attached hydrogens (tertiary/aromatic N) is 2. The lowest BCUT2D eigenvalue weighted by Gasteiger charge is -2.32. The first-order valence-electron chi connectivity index (χ1n) is 19.0. The van der Waals surface area contributed by atoms with Crippen LogP contribution in [-0.4, -0.2) is 103 Å². The molecular formula is C38H61N7O5. The van der Waals surface area contributed by atoms with E-state index in [1.807, 2.05) is 17.0 Å². The molecule has 1 aromatic rings. The van der Waals surface area contributed by atoms with Crippen molar-refractivity contribution in [3.05, 3.63) is 35.4 Å². The summed E-state index contributed by atoms with van der Waals surface area (Å²) < 4.78 is 0. The summed E-state index contributed by atoms with van der Waals surface area (Å²) in [4.78, 5) is 70.3. The zero-order valence-electron chi connectivity index (χ0n) is 30.9. The molecular weight excluding hydrogens is 634 g/mol. The van der Waals surface area contributed by atoms with Gasteiger partial charge in [-0.25, -0.2) is 0 Å². The van der Waals surface area contributed by atoms with Crippen molar-refractivity contribution in [2.45, 2.75) is 147 Å². The summed E-state index contributed by atoms with van der Waals surface area (Å²) >= 11 is 0. The average Bonchev–Trinajstić information content (AvgIpc) is 3.80. The largest absolute Gasteiger partial charge is 0.347 e. The SMILES string of the molecule is CNC(C)C(=O)NC(CCCCCCC(NC(=O)C(C)NC)C(=O)N1CCCC1C(=O)NC1CCCc2ccccc21)C(=O)N1CCCC1C. The van der Waals surface area contributed by atoms with Crippen molar-refractivity contribution in [1.29, 1.82) is 0 Å². The molecule has 2 heterocycles. The number of unbranched alkanes of at least 4 members (excludes halogenated alkanes) is 3. The highest BCUT2D eigenvalue weighted by atomic mass is 16.2. The van der Waals surface area contributed by atoms with Crippen molar-refractivity contribution in [2.24, 2.45) is 0 Å². The molecule has 5 N–H and O–H groups in total. The number of nitrogens with one attached hydrogen (secondary N) is 5. The molecule has 50 heavy (non-hydrogen) atoms. The highest BCUT2D eigenvalue weighted by molar-refractivity contribution is 5.93. The number of carbonyl (C=O) groups excluding carboxylic acids is 5. The van der Waals surface area contributed by atoms with Gasteiger partial charge in [0.15, 0.2) is 0 Å². The fraction of sp³-hybridized carbons (Fsp3) is 0.711. The van der Waals surface area contributed by atoms with Gasteiger partial charge in [0.05, 0.1) is 18.1 Å². The molecule has 278 valence electrons. The fourth-order valence-corrected chi connectivity index (χ4v) is 7.56. The summed E-state index contributed by atoms with van der Waals surface area (Å²) in [6, 6.07) is 5.60. The number of hydrogen-bond acceptors (Lipinski definition) is 7. The zero-order chi connectivity index (χ0) is 36.2. The number of aryl methyl sites for hydroxylation is 1. The lowest BCUT2D eigenvalue weighted by Crippen LogP contribution is -2.55. The van der Waals surface area contributed by atoms with Crippen LogP contribution in [0.25, 0.3) is 0 Å². The Labute approximate surface area is 298 Å². The van der Waals surface area contributed by atoms with E-state index in [-0.39, 0.29) is 41.6 Å². The second-order valence-corrected chi connectivity index (χ2v) is 14.5. The summed E-state index contributed by atoms with van der Waals surface area (Å²) in [7, 11) is 3.42.